The zero-order chi connectivity index (χ0) is 22.7. The number of fused-ring (bicyclic) bond motifs is 1. The van der Waals surface area contributed by atoms with Gasteiger partial charge in [0, 0.05) is 35.0 Å². The van der Waals surface area contributed by atoms with Gasteiger partial charge < -0.3 is 10.1 Å². The highest BCUT2D eigenvalue weighted by Crippen LogP contribution is 2.34. The number of rotatable bonds is 6. The topological polar surface area (TPSA) is 59.9 Å². The van der Waals surface area contributed by atoms with E-state index in [1.165, 1.54) is 12.4 Å². The summed E-state index contributed by atoms with van der Waals surface area (Å²) in [4.78, 5) is 13.1. The Bertz CT molecular complexity index is 1260. The van der Waals surface area contributed by atoms with Gasteiger partial charge >= 0.3 is 6.18 Å². The van der Waals surface area contributed by atoms with E-state index in [4.69, 9.17) is 4.74 Å². The maximum atomic E-state index is 13.2. The largest absolute Gasteiger partial charge is 0.416 e. The van der Waals surface area contributed by atoms with Gasteiger partial charge in [0.15, 0.2) is 0 Å². The predicted molar refractivity (Wildman–Crippen MR) is 118 cm³/mol. The molecule has 0 aliphatic rings. The minimum atomic E-state index is -4.43. The number of aromatic nitrogens is 3. The van der Waals surface area contributed by atoms with Crippen LogP contribution in [0.5, 0.6) is 0 Å². The minimum absolute atomic E-state index is 0.0505. The molecule has 0 amide bonds. The first-order valence-corrected chi connectivity index (χ1v) is 10.1. The standard InChI is InChI=1S/C24H21F3N4O/c1-3-32-13-17-11-18(24(25,26)27)7-9-20(17)31-23-19-8-6-16(12-21(19)29-14-30-23)22-15(2)5-4-10-28-22/h4-12,14H,3,13H2,1-2H3,(H,29,30,31). The van der Waals surface area contributed by atoms with Crippen molar-refractivity contribution >= 4 is 22.4 Å². The Balaban J connectivity index is 1.72. The van der Waals surface area contributed by atoms with Crippen LogP contribution in [0.3, 0.4) is 0 Å². The van der Waals surface area contributed by atoms with Gasteiger partial charge in [0.2, 0.25) is 0 Å². The zero-order valence-electron chi connectivity index (χ0n) is 17.6. The van der Waals surface area contributed by atoms with Gasteiger partial charge in [-0.25, -0.2) is 9.97 Å². The number of nitrogens with zero attached hydrogens (tertiary/aromatic N) is 3. The predicted octanol–water partition coefficient (Wildman–Crippen LogP) is 6.30. The van der Waals surface area contributed by atoms with Crippen LogP contribution in [0.4, 0.5) is 24.7 Å². The first-order chi connectivity index (χ1) is 15.4. The molecule has 0 fully saturated rings. The average Bonchev–Trinajstić information content (AvgIpc) is 2.78. The number of pyridine rings is 1. The van der Waals surface area contributed by atoms with E-state index in [9.17, 15) is 13.2 Å². The molecule has 8 heteroatoms. The number of nitrogens with one attached hydrogen (secondary N) is 1. The summed E-state index contributed by atoms with van der Waals surface area (Å²) >= 11 is 0. The third-order valence-corrected chi connectivity index (χ3v) is 5.07. The van der Waals surface area contributed by atoms with E-state index < -0.39 is 11.7 Å². The second-order valence-corrected chi connectivity index (χ2v) is 7.25. The molecule has 0 saturated carbocycles. The van der Waals surface area contributed by atoms with Crippen LogP contribution in [0.1, 0.15) is 23.6 Å². The molecule has 0 radical (unpaired) electrons. The van der Waals surface area contributed by atoms with Gasteiger partial charge in [-0.15, -0.1) is 0 Å². The number of halogens is 3. The quantitative estimate of drug-likeness (QED) is 0.383. The fraction of sp³-hybridized carbons (Fsp3) is 0.208. The van der Waals surface area contributed by atoms with Crippen molar-refractivity contribution in [1.82, 2.24) is 15.0 Å². The molecule has 0 bridgehead atoms. The van der Waals surface area contributed by atoms with Crippen molar-refractivity contribution in [2.24, 2.45) is 0 Å². The van der Waals surface area contributed by atoms with Gasteiger partial charge in [0.05, 0.1) is 23.4 Å². The summed E-state index contributed by atoms with van der Waals surface area (Å²) in [6.45, 7) is 4.22. The summed E-state index contributed by atoms with van der Waals surface area (Å²) in [5.41, 5.74) is 3.70. The van der Waals surface area contributed by atoms with Crippen molar-refractivity contribution in [1.29, 1.82) is 0 Å². The number of anilines is 2. The van der Waals surface area contributed by atoms with E-state index in [1.807, 2.05) is 37.3 Å². The van der Waals surface area contributed by atoms with Crippen molar-refractivity contribution in [3.05, 3.63) is 77.7 Å². The van der Waals surface area contributed by atoms with E-state index in [-0.39, 0.29) is 6.61 Å². The van der Waals surface area contributed by atoms with Crippen LogP contribution in [-0.4, -0.2) is 21.6 Å². The molecule has 0 unspecified atom stereocenters. The molecule has 5 nitrogen and oxygen atoms in total. The lowest BCUT2D eigenvalue weighted by Gasteiger charge is -2.16. The van der Waals surface area contributed by atoms with Crippen LogP contribution in [0, 0.1) is 6.92 Å². The van der Waals surface area contributed by atoms with Crippen LogP contribution < -0.4 is 5.32 Å². The molecule has 2 aromatic heterocycles. The second kappa shape index (κ2) is 8.92. The third kappa shape index (κ3) is 4.55. The van der Waals surface area contributed by atoms with E-state index in [2.05, 4.69) is 20.3 Å². The Kier molecular flexibility index (Phi) is 6.05. The number of alkyl halides is 3. The lowest BCUT2D eigenvalue weighted by molar-refractivity contribution is -0.137. The van der Waals surface area contributed by atoms with Crippen LogP contribution in [0.2, 0.25) is 0 Å². The third-order valence-electron chi connectivity index (χ3n) is 5.07. The van der Waals surface area contributed by atoms with E-state index >= 15 is 0 Å². The van der Waals surface area contributed by atoms with E-state index in [0.29, 0.717) is 29.2 Å². The molecule has 0 saturated heterocycles. The number of hydrogen-bond acceptors (Lipinski definition) is 5. The van der Waals surface area contributed by atoms with Crippen molar-refractivity contribution in [3.8, 4) is 11.3 Å². The molecule has 2 aromatic carbocycles. The Hall–Kier alpha value is -3.52. The summed E-state index contributed by atoms with van der Waals surface area (Å²) in [5, 5.41) is 3.90. The highest BCUT2D eigenvalue weighted by atomic mass is 19.4. The maximum Gasteiger partial charge on any atom is 0.416 e. The van der Waals surface area contributed by atoms with Gasteiger partial charge in [-0.05, 0) is 55.8 Å². The van der Waals surface area contributed by atoms with Crippen LogP contribution in [0.15, 0.2) is 61.1 Å². The monoisotopic (exact) mass is 438 g/mol. The molecule has 164 valence electrons. The normalized spacial score (nSPS) is 11.7. The van der Waals surface area contributed by atoms with Crippen LogP contribution in [0.25, 0.3) is 22.2 Å². The highest BCUT2D eigenvalue weighted by molar-refractivity contribution is 5.93. The van der Waals surface area contributed by atoms with Crippen LogP contribution in [-0.2, 0) is 17.5 Å². The maximum absolute atomic E-state index is 13.2. The van der Waals surface area contributed by atoms with Crippen molar-refractivity contribution < 1.29 is 17.9 Å². The Morgan fingerprint density at radius 3 is 2.59 bits per heavy atom. The molecular weight excluding hydrogens is 417 g/mol. The van der Waals surface area contributed by atoms with Crippen molar-refractivity contribution in [2.75, 3.05) is 11.9 Å². The summed E-state index contributed by atoms with van der Waals surface area (Å²) in [7, 11) is 0. The lowest BCUT2D eigenvalue weighted by atomic mass is 10.0. The molecule has 0 aliphatic heterocycles. The zero-order valence-corrected chi connectivity index (χ0v) is 17.6. The first kappa shape index (κ1) is 21.7. The molecular formula is C24H21F3N4O. The Morgan fingerprint density at radius 1 is 1.00 bits per heavy atom. The lowest BCUT2D eigenvalue weighted by Crippen LogP contribution is -2.08. The molecule has 32 heavy (non-hydrogen) atoms. The SMILES string of the molecule is CCOCc1cc(C(F)(F)F)ccc1Nc1ncnc2cc(-c3ncccc3C)ccc12. The van der Waals surface area contributed by atoms with Gasteiger partial charge in [-0.3, -0.25) is 4.98 Å². The second-order valence-electron chi connectivity index (χ2n) is 7.25. The molecule has 1 N–H and O–H groups in total. The molecule has 4 aromatic rings. The summed E-state index contributed by atoms with van der Waals surface area (Å²) < 4.78 is 44.9. The summed E-state index contributed by atoms with van der Waals surface area (Å²) in [5.74, 6) is 0.497. The molecule has 0 spiro atoms. The average molecular weight is 438 g/mol. The van der Waals surface area contributed by atoms with Gasteiger partial charge in [-0.1, -0.05) is 12.1 Å². The molecule has 2 heterocycles. The van der Waals surface area contributed by atoms with Crippen LogP contribution >= 0.6 is 0 Å². The van der Waals surface area contributed by atoms with Gasteiger partial charge in [-0.2, -0.15) is 13.2 Å². The Morgan fingerprint density at radius 2 is 1.84 bits per heavy atom. The van der Waals surface area contributed by atoms with E-state index in [0.717, 1.165) is 34.3 Å². The molecule has 0 aliphatic carbocycles. The fourth-order valence-electron chi connectivity index (χ4n) is 3.44. The fourth-order valence-corrected chi connectivity index (χ4v) is 3.44. The van der Waals surface area contributed by atoms with Gasteiger partial charge in [0.1, 0.15) is 12.1 Å². The van der Waals surface area contributed by atoms with Crippen molar-refractivity contribution in [3.63, 3.8) is 0 Å². The first-order valence-electron chi connectivity index (χ1n) is 10.1. The molecule has 4 rings (SSSR count). The summed E-state index contributed by atoms with van der Waals surface area (Å²) in [6.07, 6.45) is -1.27. The van der Waals surface area contributed by atoms with E-state index in [1.54, 1.807) is 13.1 Å². The Labute approximate surface area is 183 Å². The summed E-state index contributed by atoms with van der Waals surface area (Å²) in [6, 6.07) is 13.2. The minimum Gasteiger partial charge on any atom is -0.377 e. The molecule has 0 atom stereocenters. The van der Waals surface area contributed by atoms with Crippen molar-refractivity contribution in [2.45, 2.75) is 26.6 Å². The highest BCUT2D eigenvalue weighted by Gasteiger charge is 2.31. The number of ether oxygens (including phenoxy) is 1. The number of hydrogen-bond donors (Lipinski definition) is 1. The number of benzene rings is 2. The smallest absolute Gasteiger partial charge is 0.377 e. The van der Waals surface area contributed by atoms with Gasteiger partial charge in [0.25, 0.3) is 0 Å². The number of aryl methyl sites for hydroxylation is 1.